The van der Waals surface area contributed by atoms with Gasteiger partial charge in [0.15, 0.2) is 5.82 Å². The van der Waals surface area contributed by atoms with E-state index in [1.165, 1.54) is 5.57 Å². The molecule has 1 heterocycles. The molecule has 0 atom stereocenters. The monoisotopic (exact) mass is 303 g/mol. The van der Waals surface area contributed by atoms with Crippen LogP contribution in [0.3, 0.4) is 0 Å². The third-order valence-electron chi connectivity index (χ3n) is 2.84. The molecule has 2 aromatic rings. The molecule has 1 aromatic heterocycles. The van der Waals surface area contributed by atoms with Crippen LogP contribution < -0.4 is 5.32 Å². The normalized spacial score (nSPS) is 9.43. The van der Waals surface area contributed by atoms with Gasteiger partial charge in [-0.1, -0.05) is 41.4 Å². The van der Waals surface area contributed by atoms with Crippen molar-refractivity contribution in [2.45, 2.75) is 34.6 Å². The van der Waals surface area contributed by atoms with Gasteiger partial charge in [-0.2, -0.15) is 0 Å². The van der Waals surface area contributed by atoms with Gasteiger partial charge in [0.05, 0.1) is 6.20 Å². The number of allylic oxidation sites excluding steroid dienone is 2. The second kappa shape index (κ2) is 8.42. The highest BCUT2D eigenvalue weighted by atomic mass is 35.5. The van der Waals surface area contributed by atoms with E-state index in [0.717, 1.165) is 11.3 Å². The molecule has 0 bridgehead atoms. The van der Waals surface area contributed by atoms with Crippen molar-refractivity contribution in [3.63, 3.8) is 0 Å². The van der Waals surface area contributed by atoms with E-state index in [2.05, 4.69) is 35.2 Å². The van der Waals surface area contributed by atoms with Gasteiger partial charge in [-0.25, -0.2) is 9.97 Å². The predicted molar refractivity (Wildman–Crippen MR) is 91.3 cm³/mol. The largest absolute Gasteiger partial charge is 0.339 e. The summed E-state index contributed by atoms with van der Waals surface area (Å²) in [6.45, 7) is 10.1. The number of hydrogen-bond donors (Lipinski definition) is 1. The van der Waals surface area contributed by atoms with Crippen LogP contribution in [-0.2, 0) is 0 Å². The molecule has 112 valence electrons. The van der Waals surface area contributed by atoms with Gasteiger partial charge >= 0.3 is 0 Å². The van der Waals surface area contributed by atoms with Gasteiger partial charge in [0, 0.05) is 5.69 Å². The maximum absolute atomic E-state index is 6.01. The molecule has 1 N–H and O–H groups in total. The van der Waals surface area contributed by atoms with Crippen molar-refractivity contribution in [1.82, 2.24) is 9.97 Å². The van der Waals surface area contributed by atoms with E-state index in [0.29, 0.717) is 16.7 Å². The zero-order chi connectivity index (χ0) is 15.8. The lowest BCUT2D eigenvalue weighted by atomic mass is 10.2. The number of aryl methyl sites for hydroxylation is 2. The molecule has 0 spiro atoms. The maximum Gasteiger partial charge on any atom is 0.152 e. The molecule has 1 aromatic carbocycles. The number of hydrogen-bond acceptors (Lipinski definition) is 3. The lowest BCUT2D eigenvalue weighted by molar-refractivity contribution is 1.06. The number of nitrogens with zero attached hydrogens (tertiary/aromatic N) is 2. The Balaban J connectivity index is 0.000000383. The molecule has 0 radical (unpaired) electrons. The van der Waals surface area contributed by atoms with Crippen LogP contribution in [0.4, 0.5) is 11.5 Å². The fraction of sp³-hybridized carbons (Fsp3) is 0.294. The maximum atomic E-state index is 6.01. The van der Waals surface area contributed by atoms with Crippen LogP contribution in [-0.4, -0.2) is 9.97 Å². The molecular formula is C17H22ClN3. The van der Waals surface area contributed by atoms with Gasteiger partial charge in [-0.3, -0.25) is 0 Å². The van der Waals surface area contributed by atoms with Crippen molar-refractivity contribution in [2.24, 2.45) is 0 Å². The molecule has 0 amide bonds. The lowest BCUT2D eigenvalue weighted by Gasteiger charge is -2.09. The first kappa shape index (κ1) is 17.2. The molecule has 0 saturated heterocycles. The summed E-state index contributed by atoms with van der Waals surface area (Å²) in [5, 5.41) is 3.72. The highest BCUT2D eigenvalue weighted by Crippen LogP contribution is 2.24. The smallest absolute Gasteiger partial charge is 0.152 e. The van der Waals surface area contributed by atoms with Gasteiger partial charge in [0.2, 0.25) is 0 Å². The van der Waals surface area contributed by atoms with Gasteiger partial charge in [-0.15, -0.1) is 0 Å². The van der Waals surface area contributed by atoms with Gasteiger partial charge in [0.25, 0.3) is 0 Å². The average Bonchev–Trinajstić information content (AvgIpc) is 2.46. The highest BCUT2D eigenvalue weighted by molar-refractivity contribution is 6.32. The Bertz CT molecular complexity index is 617. The number of para-hydroxylation sites is 1. The van der Waals surface area contributed by atoms with Crippen molar-refractivity contribution in [1.29, 1.82) is 0 Å². The number of anilines is 2. The first-order chi connectivity index (χ1) is 9.93. The summed E-state index contributed by atoms with van der Waals surface area (Å²) >= 11 is 6.01. The van der Waals surface area contributed by atoms with E-state index in [9.17, 15) is 0 Å². The number of nitrogens with one attached hydrogen (secondary N) is 1. The third kappa shape index (κ3) is 5.96. The SMILES string of the molecule is CC=C(C)C.Cc1ncc(Cl)c(Nc2ccccc2C)n1. The molecule has 3 nitrogen and oxygen atoms in total. The molecule has 4 heteroatoms. The Morgan fingerprint density at radius 1 is 1.19 bits per heavy atom. The van der Waals surface area contributed by atoms with Crippen LogP contribution >= 0.6 is 11.6 Å². The fourth-order valence-corrected chi connectivity index (χ4v) is 1.52. The standard InChI is InChI=1S/C12H12ClN3.C5H10/c1-8-5-3-4-6-11(8)16-12-10(13)7-14-9(2)15-12;1-4-5(2)3/h3-7H,1-2H3,(H,14,15,16);4H,1-3H3. The number of rotatable bonds is 2. The van der Waals surface area contributed by atoms with E-state index in [-0.39, 0.29) is 0 Å². The first-order valence-electron chi connectivity index (χ1n) is 6.85. The van der Waals surface area contributed by atoms with Crippen LogP contribution in [0.25, 0.3) is 0 Å². The summed E-state index contributed by atoms with van der Waals surface area (Å²) < 4.78 is 0. The molecule has 21 heavy (non-hydrogen) atoms. The Labute approximate surface area is 132 Å². The van der Waals surface area contributed by atoms with E-state index in [1.54, 1.807) is 6.20 Å². The summed E-state index contributed by atoms with van der Waals surface area (Å²) in [4.78, 5) is 8.28. The zero-order valence-electron chi connectivity index (χ0n) is 13.2. The highest BCUT2D eigenvalue weighted by Gasteiger charge is 2.04. The third-order valence-corrected chi connectivity index (χ3v) is 3.12. The van der Waals surface area contributed by atoms with Crippen molar-refractivity contribution >= 4 is 23.1 Å². The van der Waals surface area contributed by atoms with E-state index >= 15 is 0 Å². The van der Waals surface area contributed by atoms with E-state index in [4.69, 9.17) is 11.6 Å². The fourth-order valence-electron chi connectivity index (χ4n) is 1.38. The Morgan fingerprint density at radius 2 is 1.81 bits per heavy atom. The average molecular weight is 304 g/mol. The Morgan fingerprint density at radius 3 is 2.38 bits per heavy atom. The van der Waals surface area contributed by atoms with Gasteiger partial charge in [-0.05, 0) is 46.2 Å². The summed E-state index contributed by atoms with van der Waals surface area (Å²) in [5.41, 5.74) is 3.53. The van der Waals surface area contributed by atoms with Crippen LogP contribution in [0.5, 0.6) is 0 Å². The van der Waals surface area contributed by atoms with Crippen LogP contribution in [0, 0.1) is 13.8 Å². The Hall–Kier alpha value is -1.87. The summed E-state index contributed by atoms with van der Waals surface area (Å²) in [5.74, 6) is 1.34. The van der Waals surface area contributed by atoms with Crippen molar-refractivity contribution in [3.8, 4) is 0 Å². The minimum absolute atomic E-state index is 0.522. The molecule has 2 rings (SSSR count). The first-order valence-corrected chi connectivity index (χ1v) is 7.23. The van der Waals surface area contributed by atoms with Crippen molar-refractivity contribution < 1.29 is 0 Å². The molecule has 0 fully saturated rings. The quantitative estimate of drug-likeness (QED) is 0.748. The summed E-state index contributed by atoms with van der Waals surface area (Å²) in [6, 6.07) is 7.98. The van der Waals surface area contributed by atoms with Crippen LogP contribution in [0.15, 0.2) is 42.1 Å². The topological polar surface area (TPSA) is 37.8 Å². The van der Waals surface area contributed by atoms with Crippen molar-refractivity contribution in [3.05, 3.63) is 58.5 Å². The van der Waals surface area contributed by atoms with Gasteiger partial charge in [0.1, 0.15) is 10.8 Å². The summed E-state index contributed by atoms with van der Waals surface area (Å²) in [7, 11) is 0. The molecular weight excluding hydrogens is 282 g/mol. The Kier molecular flexibility index (Phi) is 6.89. The van der Waals surface area contributed by atoms with Crippen LogP contribution in [0.1, 0.15) is 32.2 Å². The summed E-state index contributed by atoms with van der Waals surface area (Å²) in [6.07, 6.45) is 3.69. The molecule has 0 saturated carbocycles. The van der Waals surface area contributed by atoms with E-state index in [1.807, 2.05) is 45.0 Å². The lowest BCUT2D eigenvalue weighted by Crippen LogP contribution is -1.99. The molecule has 0 aliphatic heterocycles. The van der Waals surface area contributed by atoms with Crippen molar-refractivity contribution in [2.75, 3.05) is 5.32 Å². The van der Waals surface area contributed by atoms with Crippen LogP contribution in [0.2, 0.25) is 5.02 Å². The zero-order valence-corrected chi connectivity index (χ0v) is 14.0. The molecule has 0 aliphatic rings. The molecule has 0 unspecified atom stereocenters. The predicted octanol–water partition coefficient (Wildman–Crippen LogP) is 5.46. The second-order valence-electron chi connectivity index (χ2n) is 4.92. The minimum atomic E-state index is 0.522. The minimum Gasteiger partial charge on any atom is -0.339 e. The van der Waals surface area contributed by atoms with E-state index < -0.39 is 0 Å². The number of halogens is 1. The van der Waals surface area contributed by atoms with Gasteiger partial charge < -0.3 is 5.32 Å². The number of benzene rings is 1. The number of aromatic nitrogens is 2. The molecule has 0 aliphatic carbocycles. The second-order valence-corrected chi connectivity index (χ2v) is 5.33.